The summed E-state index contributed by atoms with van der Waals surface area (Å²) in [5.74, 6) is -0.989. The van der Waals surface area contributed by atoms with Crippen LogP contribution in [0.2, 0.25) is 0 Å². The van der Waals surface area contributed by atoms with Crippen LogP contribution in [-0.2, 0) is 16.0 Å². The lowest BCUT2D eigenvalue weighted by Gasteiger charge is -2.20. The highest BCUT2D eigenvalue weighted by Gasteiger charge is 2.22. The highest BCUT2D eigenvalue weighted by molar-refractivity contribution is 5.89. The lowest BCUT2D eigenvalue weighted by atomic mass is 10.1. The number of nitrogens with one attached hydrogen (secondary N) is 1. The van der Waals surface area contributed by atoms with E-state index in [1.165, 1.54) is 0 Å². The Balaban J connectivity index is 1.99. The van der Waals surface area contributed by atoms with Crippen LogP contribution in [-0.4, -0.2) is 49.8 Å². The minimum atomic E-state index is -0.928. The lowest BCUT2D eigenvalue weighted by molar-refractivity contribution is -0.120. The van der Waals surface area contributed by atoms with Gasteiger partial charge in [0.15, 0.2) is 0 Å². The standard InChI is InChI=1S/C15H20N2O4/c1-10(9-21-2)16-14(18)8-17-6-5-11-7-12(15(19)20)3-4-13(11)17/h3-4,7,10H,5-6,8-9H2,1-2H3,(H,16,18)(H,19,20). The first-order valence-electron chi connectivity index (χ1n) is 6.90. The van der Waals surface area contributed by atoms with Gasteiger partial charge in [0.25, 0.3) is 0 Å². The molecule has 1 heterocycles. The van der Waals surface area contributed by atoms with Crippen LogP contribution < -0.4 is 10.2 Å². The van der Waals surface area contributed by atoms with Crippen molar-refractivity contribution < 1.29 is 19.4 Å². The van der Waals surface area contributed by atoms with Gasteiger partial charge < -0.3 is 20.1 Å². The molecule has 1 amide bonds. The molecular weight excluding hydrogens is 272 g/mol. The summed E-state index contributed by atoms with van der Waals surface area (Å²) in [6.45, 7) is 3.36. The summed E-state index contributed by atoms with van der Waals surface area (Å²) in [6, 6.07) is 5.00. The number of carboxylic acids is 1. The van der Waals surface area contributed by atoms with Crippen molar-refractivity contribution in [3.05, 3.63) is 29.3 Å². The molecule has 21 heavy (non-hydrogen) atoms. The molecule has 0 aromatic heterocycles. The molecule has 1 aliphatic rings. The van der Waals surface area contributed by atoms with Crippen molar-refractivity contribution in [1.29, 1.82) is 0 Å². The summed E-state index contributed by atoms with van der Waals surface area (Å²) >= 11 is 0. The summed E-state index contributed by atoms with van der Waals surface area (Å²) in [5, 5.41) is 11.9. The number of carbonyl (C=O) groups excluding carboxylic acids is 1. The third-order valence-electron chi connectivity index (χ3n) is 3.48. The molecule has 1 atom stereocenters. The number of hydrogen-bond donors (Lipinski definition) is 2. The fourth-order valence-corrected chi connectivity index (χ4v) is 2.55. The topological polar surface area (TPSA) is 78.9 Å². The second-order valence-electron chi connectivity index (χ2n) is 5.24. The summed E-state index contributed by atoms with van der Waals surface area (Å²) in [6.07, 6.45) is 0.761. The van der Waals surface area contributed by atoms with Crippen LogP contribution in [0.15, 0.2) is 18.2 Å². The molecule has 0 bridgehead atoms. The fraction of sp³-hybridized carbons (Fsp3) is 0.467. The van der Waals surface area contributed by atoms with Crippen molar-refractivity contribution in [2.75, 3.05) is 31.7 Å². The van der Waals surface area contributed by atoms with Crippen LogP contribution in [0.3, 0.4) is 0 Å². The highest BCUT2D eigenvalue weighted by Crippen LogP contribution is 2.28. The normalized spacial score (nSPS) is 14.7. The molecule has 2 rings (SSSR count). The average molecular weight is 292 g/mol. The number of rotatable bonds is 6. The molecule has 1 aromatic carbocycles. The molecule has 1 aliphatic heterocycles. The number of hydrogen-bond acceptors (Lipinski definition) is 4. The van der Waals surface area contributed by atoms with Crippen molar-refractivity contribution in [1.82, 2.24) is 5.32 Å². The summed E-state index contributed by atoms with van der Waals surface area (Å²) in [7, 11) is 1.60. The fourth-order valence-electron chi connectivity index (χ4n) is 2.55. The Kier molecular flexibility index (Phi) is 4.80. The molecule has 0 aliphatic carbocycles. The van der Waals surface area contributed by atoms with Gasteiger partial charge in [-0.05, 0) is 37.1 Å². The first kappa shape index (κ1) is 15.3. The van der Waals surface area contributed by atoms with E-state index >= 15 is 0 Å². The Bertz CT molecular complexity index is 544. The maximum atomic E-state index is 12.0. The zero-order valence-corrected chi connectivity index (χ0v) is 12.3. The molecule has 1 aromatic rings. The zero-order chi connectivity index (χ0) is 15.4. The van der Waals surface area contributed by atoms with Gasteiger partial charge in [-0.25, -0.2) is 4.79 Å². The van der Waals surface area contributed by atoms with Gasteiger partial charge in [0.1, 0.15) is 0 Å². The van der Waals surface area contributed by atoms with E-state index in [2.05, 4.69) is 5.32 Å². The predicted molar refractivity (Wildman–Crippen MR) is 78.8 cm³/mol. The number of methoxy groups -OCH3 is 1. The van der Waals surface area contributed by atoms with Gasteiger partial charge in [0.05, 0.1) is 18.7 Å². The molecule has 2 N–H and O–H groups in total. The zero-order valence-electron chi connectivity index (χ0n) is 12.3. The molecule has 6 heteroatoms. The van der Waals surface area contributed by atoms with Crippen molar-refractivity contribution in [2.24, 2.45) is 0 Å². The largest absolute Gasteiger partial charge is 0.478 e. The molecule has 6 nitrogen and oxygen atoms in total. The molecule has 0 spiro atoms. The van der Waals surface area contributed by atoms with Crippen LogP contribution in [0.5, 0.6) is 0 Å². The highest BCUT2D eigenvalue weighted by atomic mass is 16.5. The summed E-state index contributed by atoms with van der Waals surface area (Å²) in [4.78, 5) is 24.9. The van der Waals surface area contributed by atoms with Crippen molar-refractivity contribution in [2.45, 2.75) is 19.4 Å². The Morgan fingerprint density at radius 3 is 2.90 bits per heavy atom. The quantitative estimate of drug-likeness (QED) is 0.814. The molecule has 0 radical (unpaired) electrons. The van der Waals surface area contributed by atoms with Crippen molar-refractivity contribution >= 4 is 17.6 Å². The van der Waals surface area contributed by atoms with Crippen LogP contribution in [0.1, 0.15) is 22.8 Å². The number of nitrogens with zero attached hydrogens (tertiary/aromatic N) is 1. The number of benzene rings is 1. The number of amides is 1. The van der Waals surface area contributed by atoms with E-state index in [-0.39, 0.29) is 24.1 Å². The van der Waals surface area contributed by atoms with Gasteiger partial charge in [-0.2, -0.15) is 0 Å². The van der Waals surface area contributed by atoms with E-state index in [1.807, 2.05) is 11.8 Å². The number of fused-ring (bicyclic) bond motifs is 1. The van der Waals surface area contributed by atoms with E-state index in [0.29, 0.717) is 6.61 Å². The lowest BCUT2D eigenvalue weighted by Crippen LogP contribution is -2.42. The molecule has 114 valence electrons. The van der Waals surface area contributed by atoms with E-state index in [1.54, 1.807) is 25.3 Å². The minimum absolute atomic E-state index is 0.0287. The SMILES string of the molecule is COCC(C)NC(=O)CN1CCc2cc(C(=O)O)ccc21. The Morgan fingerprint density at radius 2 is 2.24 bits per heavy atom. The molecule has 1 unspecified atom stereocenters. The van der Waals surface area contributed by atoms with Gasteiger partial charge in [0, 0.05) is 25.4 Å². The number of ether oxygens (including phenoxy) is 1. The van der Waals surface area contributed by atoms with E-state index in [0.717, 1.165) is 24.2 Å². The predicted octanol–water partition coefficient (Wildman–Crippen LogP) is 0.898. The summed E-state index contributed by atoms with van der Waals surface area (Å²) in [5.41, 5.74) is 2.20. The molecular formula is C15H20N2O4. The minimum Gasteiger partial charge on any atom is -0.478 e. The van der Waals surface area contributed by atoms with Gasteiger partial charge in [0.2, 0.25) is 5.91 Å². The third kappa shape index (κ3) is 3.72. The molecule has 0 saturated carbocycles. The smallest absolute Gasteiger partial charge is 0.335 e. The van der Waals surface area contributed by atoms with Crippen LogP contribution >= 0.6 is 0 Å². The maximum Gasteiger partial charge on any atom is 0.335 e. The number of carbonyl (C=O) groups is 2. The van der Waals surface area contributed by atoms with Crippen LogP contribution in [0, 0.1) is 0 Å². The van der Waals surface area contributed by atoms with Crippen LogP contribution in [0.25, 0.3) is 0 Å². The van der Waals surface area contributed by atoms with Crippen molar-refractivity contribution in [3.63, 3.8) is 0 Å². The van der Waals surface area contributed by atoms with E-state index in [4.69, 9.17) is 9.84 Å². The number of aromatic carboxylic acids is 1. The maximum absolute atomic E-state index is 12.0. The summed E-state index contributed by atoms with van der Waals surface area (Å²) < 4.78 is 4.98. The van der Waals surface area contributed by atoms with E-state index in [9.17, 15) is 9.59 Å². The molecule has 0 saturated heterocycles. The number of anilines is 1. The van der Waals surface area contributed by atoms with Crippen molar-refractivity contribution in [3.8, 4) is 0 Å². The molecule has 0 fully saturated rings. The van der Waals surface area contributed by atoms with Gasteiger partial charge in [-0.3, -0.25) is 4.79 Å². The number of carboxylic acid groups (broad SMARTS) is 1. The Morgan fingerprint density at radius 1 is 1.48 bits per heavy atom. The third-order valence-corrected chi connectivity index (χ3v) is 3.48. The second kappa shape index (κ2) is 6.58. The van der Waals surface area contributed by atoms with Gasteiger partial charge >= 0.3 is 5.97 Å². The van der Waals surface area contributed by atoms with E-state index < -0.39 is 5.97 Å². The first-order chi connectivity index (χ1) is 10.0. The first-order valence-corrected chi connectivity index (χ1v) is 6.90. The average Bonchev–Trinajstić information content (AvgIpc) is 2.81. The van der Waals surface area contributed by atoms with Gasteiger partial charge in [-0.15, -0.1) is 0 Å². The Labute approximate surface area is 123 Å². The van der Waals surface area contributed by atoms with Gasteiger partial charge in [-0.1, -0.05) is 0 Å². The Hall–Kier alpha value is -2.08. The second-order valence-corrected chi connectivity index (χ2v) is 5.24. The monoisotopic (exact) mass is 292 g/mol. The van der Waals surface area contributed by atoms with Crippen LogP contribution in [0.4, 0.5) is 5.69 Å².